The predicted octanol–water partition coefficient (Wildman–Crippen LogP) is 1.12. The number of rotatable bonds is 1. The van der Waals surface area contributed by atoms with Gasteiger partial charge in [0.2, 0.25) is 5.91 Å². The van der Waals surface area contributed by atoms with E-state index in [9.17, 15) is 4.79 Å². The summed E-state index contributed by atoms with van der Waals surface area (Å²) in [6.07, 6.45) is 1.02. The van der Waals surface area contributed by atoms with Crippen molar-refractivity contribution in [3.05, 3.63) is 0 Å². The zero-order valence-electron chi connectivity index (χ0n) is 9.23. The van der Waals surface area contributed by atoms with Gasteiger partial charge in [-0.25, -0.2) is 0 Å². The van der Waals surface area contributed by atoms with Crippen LogP contribution in [-0.4, -0.2) is 47.0 Å². The van der Waals surface area contributed by atoms with E-state index < -0.39 is 0 Å². The van der Waals surface area contributed by atoms with Crippen molar-refractivity contribution in [1.82, 2.24) is 10.2 Å². The quantitative estimate of drug-likeness (QED) is 0.757. The largest absolute Gasteiger partial charge is 0.337 e. The van der Waals surface area contributed by atoms with Gasteiger partial charge in [0, 0.05) is 23.6 Å². The van der Waals surface area contributed by atoms with Crippen molar-refractivity contribution in [3.8, 4) is 0 Å². The first kappa shape index (κ1) is 13.1. The van der Waals surface area contributed by atoms with Gasteiger partial charge in [-0.2, -0.15) is 11.8 Å². The Morgan fingerprint density at radius 1 is 1.47 bits per heavy atom. The lowest BCUT2D eigenvalue weighted by Crippen LogP contribution is -2.59. The SMILES string of the molecule is CC1SCCN(C(=O)[C@H]2CCN2)C1C.Cl. The van der Waals surface area contributed by atoms with Crippen LogP contribution in [-0.2, 0) is 4.79 Å². The number of carbonyl (C=O) groups is 1. The second kappa shape index (κ2) is 5.41. The molecule has 2 aliphatic heterocycles. The van der Waals surface area contributed by atoms with Gasteiger partial charge in [0.1, 0.15) is 0 Å². The van der Waals surface area contributed by atoms with Crippen LogP contribution >= 0.6 is 24.2 Å². The lowest BCUT2D eigenvalue weighted by Gasteiger charge is -2.41. The van der Waals surface area contributed by atoms with Crippen molar-refractivity contribution >= 4 is 30.1 Å². The average molecular weight is 251 g/mol. The summed E-state index contributed by atoms with van der Waals surface area (Å²) in [6.45, 7) is 6.30. The molecule has 88 valence electrons. The second-order valence-corrected chi connectivity index (χ2v) is 5.63. The molecule has 0 saturated carbocycles. The number of carbonyl (C=O) groups excluding carboxylic acids is 1. The number of nitrogens with one attached hydrogen (secondary N) is 1. The van der Waals surface area contributed by atoms with Crippen molar-refractivity contribution < 1.29 is 4.79 Å². The highest BCUT2D eigenvalue weighted by Gasteiger charge is 2.34. The molecule has 3 nitrogen and oxygen atoms in total. The first-order valence-corrected chi connectivity index (χ1v) is 6.40. The van der Waals surface area contributed by atoms with Gasteiger partial charge >= 0.3 is 0 Å². The van der Waals surface area contributed by atoms with Crippen LogP contribution in [0.3, 0.4) is 0 Å². The maximum absolute atomic E-state index is 12.0. The van der Waals surface area contributed by atoms with Crippen LogP contribution in [0.4, 0.5) is 0 Å². The van der Waals surface area contributed by atoms with E-state index in [1.807, 2.05) is 11.8 Å². The Balaban J connectivity index is 0.00000112. The van der Waals surface area contributed by atoms with E-state index in [2.05, 4.69) is 24.1 Å². The minimum absolute atomic E-state index is 0. The lowest BCUT2D eigenvalue weighted by molar-refractivity contribution is -0.137. The maximum atomic E-state index is 12.0. The van der Waals surface area contributed by atoms with Crippen LogP contribution in [0.5, 0.6) is 0 Å². The number of nitrogens with zero attached hydrogens (tertiary/aromatic N) is 1. The summed E-state index contributed by atoms with van der Waals surface area (Å²) in [5.74, 6) is 1.40. The van der Waals surface area contributed by atoms with Crippen LogP contribution in [0.1, 0.15) is 20.3 Å². The Hall–Kier alpha value is 0.0700. The molecule has 2 unspecified atom stereocenters. The highest BCUT2D eigenvalue weighted by atomic mass is 35.5. The Labute approximate surface area is 102 Å². The first-order valence-electron chi connectivity index (χ1n) is 5.35. The minimum atomic E-state index is 0. The molecule has 0 aromatic heterocycles. The number of halogens is 1. The molecule has 2 fully saturated rings. The highest BCUT2D eigenvalue weighted by Crippen LogP contribution is 2.25. The molecule has 2 heterocycles. The second-order valence-electron chi connectivity index (χ2n) is 4.14. The van der Waals surface area contributed by atoms with E-state index in [1.54, 1.807) is 0 Å². The van der Waals surface area contributed by atoms with E-state index >= 15 is 0 Å². The molecule has 0 aromatic carbocycles. The normalized spacial score (nSPS) is 35.3. The Bertz CT molecular complexity index is 235. The molecule has 0 aliphatic carbocycles. The summed E-state index contributed by atoms with van der Waals surface area (Å²) in [5.41, 5.74) is 0. The minimum Gasteiger partial charge on any atom is -0.337 e. The van der Waals surface area contributed by atoms with Gasteiger partial charge in [-0.05, 0) is 19.9 Å². The molecule has 0 spiro atoms. The fourth-order valence-corrected chi connectivity index (χ4v) is 3.04. The number of amides is 1. The third kappa shape index (κ3) is 2.60. The Morgan fingerprint density at radius 2 is 2.13 bits per heavy atom. The predicted molar refractivity (Wildman–Crippen MR) is 66.8 cm³/mol. The van der Waals surface area contributed by atoms with Gasteiger partial charge in [0.05, 0.1) is 6.04 Å². The van der Waals surface area contributed by atoms with Gasteiger partial charge in [-0.3, -0.25) is 4.79 Å². The first-order chi connectivity index (χ1) is 6.70. The van der Waals surface area contributed by atoms with E-state index in [0.717, 1.165) is 25.3 Å². The molecule has 15 heavy (non-hydrogen) atoms. The van der Waals surface area contributed by atoms with Gasteiger partial charge in [0.15, 0.2) is 0 Å². The van der Waals surface area contributed by atoms with E-state index in [4.69, 9.17) is 0 Å². The summed E-state index contributed by atoms with van der Waals surface area (Å²) in [7, 11) is 0. The maximum Gasteiger partial charge on any atom is 0.240 e. The molecule has 2 rings (SSSR count). The zero-order valence-corrected chi connectivity index (χ0v) is 10.9. The topological polar surface area (TPSA) is 32.3 Å². The summed E-state index contributed by atoms with van der Waals surface area (Å²) in [4.78, 5) is 14.0. The fourth-order valence-electron chi connectivity index (χ4n) is 1.94. The molecule has 3 atom stereocenters. The summed E-state index contributed by atoms with van der Waals surface area (Å²) < 4.78 is 0. The van der Waals surface area contributed by atoms with Crippen LogP contribution in [0.2, 0.25) is 0 Å². The lowest BCUT2D eigenvalue weighted by atomic mass is 10.0. The van der Waals surface area contributed by atoms with Gasteiger partial charge in [-0.15, -0.1) is 12.4 Å². The highest BCUT2D eigenvalue weighted by molar-refractivity contribution is 8.00. The number of thioether (sulfide) groups is 1. The molecular formula is C10H19ClN2OS. The molecule has 2 saturated heterocycles. The summed E-state index contributed by atoms with van der Waals surface area (Å²) in [5, 5.41) is 3.76. The van der Waals surface area contributed by atoms with E-state index in [1.165, 1.54) is 0 Å². The van der Waals surface area contributed by atoms with Crippen molar-refractivity contribution in [3.63, 3.8) is 0 Å². The molecule has 1 amide bonds. The van der Waals surface area contributed by atoms with Crippen molar-refractivity contribution in [2.75, 3.05) is 18.8 Å². The molecule has 1 N–H and O–H groups in total. The molecule has 5 heteroatoms. The zero-order chi connectivity index (χ0) is 10.1. The van der Waals surface area contributed by atoms with Gasteiger partial charge < -0.3 is 10.2 Å². The average Bonchev–Trinajstić information content (AvgIpc) is 2.06. The van der Waals surface area contributed by atoms with E-state index in [0.29, 0.717) is 17.2 Å². The third-order valence-corrected chi connectivity index (χ3v) is 4.63. The third-order valence-electron chi connectivity index (χ3n) is 3.29. The molecule has 0 aromatic rings. The van der Waals surface area contributed by atoms with Gasteiger partial charge in [-0.1, -0.05) is 6.92 Å². The Morgan fingerprint density at radius 3 is 2.67 bits per heavy atom. The summed E-state index contributed by atoms with van der Waals surface area (Å²) in [6, 6.07) is 0.511. The van der Waals surface area contributed by atoms with Crippen molar-refractivity contribution in [1.29, 1.82) is 0 Å². The van der Waals surface area contributed by atoms with Crippen LogP contribution in [0, 0.1) is 0 Å². The monoisotopic (exact) mass is 250 g/mol. The van der Waals surface area contributed by atoms with Crippen LogP contribution < -0.4 is 5.32 Å². The molecule has 2 aliphatic rings. The van der Waals surface area contributed by atoms with Gasteiger partial charge in [0.25, 0.3) is 0 Å². The van der Waals surface area contributed by atoms with Crippen LogP contribution in [0.15, 0.2) is 0 Å². The molecule has 0 radical (unpaired) electrons. The summed E-state index contributed by atoms with van der Waals surface area (Å²) >= 11 is 1.97. The molecular weight excluding hydrogens is 232 g/mol. The standard InChI is InChI=1S/C10H18N2OS.ClH/c1-7-8(2)14-6-5-12(7)10(13)9-3-4-11-9;/h7-9,11H,3-6H2,1-2H3;1H/t7?,8?,9-;/m1./s1. The van der Waals surface area contributed by atoms with E-state index in [-0.39, 0.29) is 18.4 Å². The van der Waals surface area contributed by atoms with Crippen molar-refractivity contribution in [2.24, 2.45) is 0 Å². The van der Waals surface area contributed by atoms with Crippen LogP contribution in [0.25, 0.3) is 0 Å². The smallest absolute Gasteiger partial charge is 0.240 e. The number of hydrogen-bond donors (Lipinski definition) is 1. The number of hydrogen-bond acceptors (Lipinski definition) is 3. The van der Waals surface area contributed by atoms with Crippen molar-refractivity contribution in [2.45, 2.75) is 37.6 Å². The Kier molecular flexibility index (Phi) is 4.74. The molecule has 0 bridgehead atoms. The fraction of sp³-hybridized carbons (Fsp3) is 0.900.